The number of ether oxygens (including phenoxy) is 2. The molecule has 2 rings (SSSR count). The Kier molecular flexibility index (Phi) is 3.23. The lowest BCUT2D eigenvalue weighted by molar-refractivity contribution is -0.103. The molecular formula is C10H9Cl2NO3. The number of anilines is 1. The van der Waals surface area contributed by atoms with Gasteiger partial charge in [-0.1, -0.05) is 23.2 Å². The molecular weight excluding hydrogens is 253 g/mol. The minimum Gasteiger partial charge on any atom is -0.454 e. The minimum atomic E-state index is -0.475. The molecule has 0 bridgehead atoms. The van der Waals surface area contributed by atoms with E-state index in [0.29, 0.717) is 13.2 Å². The van der Waals surface area contributed by atoms with Crippen molar-refractivity contribution in [3.05, 3.63) is 27.7 Å². The molecule has 0 saturated carbocycles. The smallest absolute Gasteiger partial charge is 0.338 e. The van der Waals surface area contributed by atoms with Gasteiger partial charge in [-0.05, 0) is 12.1 Å². The first-order valence-electron chi connectivity index (χ1n) is 4.61. The molecule has 86 valence electrons. The zero-order chi connectivity index (χ0) is 11.7. The lowest BCUT2D eigenvalue weighted by Gasteiger charge is -2.25. The standard InChI is InChI=1S/C10H9Cl2NO3/c11-7-1-5(2-8(12)9(7)13)10(14)16-6-3-15-4-6/h1-2,6H,3-4,13H2. The number of carbonyl (C=O) groups excluding carboxylic acids is 1. The SMILES string of the molecule is Nc1c(Cl)cc(C(=O)OC2COC2)cc1Cl. The van der Waals surface area contributed by atoms with Crippen molar-refractivity contribution < 1.29 is 14.3 Å². The van der Waals surface area contributed by atoms with E-state index >= 15 is 0 Å². The van der Waals surface area contributed by atoms with Crippen LogP contribution < -0.4 is 5.73 Å². The third-order valence-corrected chi connectivity index (χ3v) is 2.82. The van der Waals surface area contributed by atoms with Crippen LogP contribution in [0.4, 0.5) is 5.69 Å². The summed E-state index contributed by atoms with van der Waals surface area (Å²) in [6, 6.07) is 2.87. The Hall–Kier alpha value is -0.970. The molecule has 0 aromatic heterocycles. The summed E-state index contributed by atoms with van der Waals surface area (Å²) in [5.74, 6) is -0.475. The van der Waals surface area contributed by atoms with Gasteiger partial charge in [0.25, 0.3) is 0 Å². The molecule has 0 aliphatic carbocycles. The topological polar surface area (TPSA) is 61.6 Å². The van der Waals surface area contributed by atoms with E-state index in [1.54, 1.807) is 0 Å². The molecule has 1 fully saturated rings. The molecule has 0 amide bonds. The number of esters is 1. The van der Waals surface area contributed by atoms with Crippen molar-refractivity contribution in [3.8, 4) is 0 Å². The molecule has 4 nitrogen and oxygen atoms in total. The normalized spacial score (nSPS) is 15.6. The molecule has 6 heteroatoms. The van der Waals surface area contributed by atoms with Crippen LogP contribution >= 0.6 is 23.2 Å². The summed E-state index contributed by atoms with van der Waals surface area (Å²) in [6.45, 7) is 0.865. The molecule has 2 N–H and O–H groups in total. The van der Waals surface area contributed by atoms with Gasteiger partial charge in [0.05, 0.1) is 34.5 Å². The Morgan fingerprint density at radius 3 is 2.38 bits per heavy atom. The van der Waals surface area contributed by atoms with Gasteiger partial charge in [-0.3, -0.25) is 0 Å². The van der Waals surface area contributed by atoms with Crippen molar-refractivity contribution in [2.45, 2.75) is 6.10 Å². The van der Waals surface area contributed by atoms with Crippen molar-refractivity contribution in [1.82, 2.24) is 0 Å². The first kappa shape index (κ1) is 11.5. The second kappa shape index (κ2) is 4.49. The number of nitrogen functional groups attached to an aromatic ring is 1. The fraction of sp³-hybridized carbons (Fsp3) is 0.300. The first-order chi connectivity index (χ1) is 7.58. The van der Waals surface area contributed by atoms with Gasteiger partial charge in [0.15, 0.2) is 0 Å². The summed E-state index contributed by atoms with van der Waals surface area (Å²) in [7, 11) is 0. The highest BCUT2D eigenvalue weighted by Crippen LogP contribution is 2.29. The van der Waals surface area contributed by atoms with Crippen molar-refractivity contribution in [3.63, 3.8) is 0 Å². The van der Waals surface area contributed by atoms with E-state index in [9.17, 15) is 4.79 Å². The molecule has 0 unspecified atom stereocenters. The number of carbonyl (C=O) groups is 1. The van der Waals surface area contributed by atoms with Crippen LogP contribution in [0.5, 0.6) is 0 Å². The first-order valence-corrected chi connectivity index (χ1v) is 5.37. The van der Waals surface area contributed by atoms with E-state index in [2.05, 4.69) is 0 Å². The van der Waals surface area contributed by atoms with Crippen LogP contribution in [0.1, 0.15) is 10.4 Å². The monoisotopic (exact) mass is 261 g/mol. The van der Waals surface area contributed by atoms with E-state index < -0.39 is 5.97 Å². The summed E-state index contributed by atoms with van der Waals surface area (Å²) in [4.78, 5) is 11.6. The van der Waals surface area contributed by atoms with E-state index in [-0.39, 0.29) is 27.4 Å². The Morgan fingerprint density at radius 2 is 1.94 bits per heavy atom. The van der Waals surface area contributed by atoms with Crippen LogP contribution in [-0.4, -0.2) is 25.3 Å². The molecule has 1 aromatic carbocycles. The predicted molar refractivity (Wildman–Crippen MR) is 60.9 cm³/mol. The number of hydrogen-bond acceptors (Lipinski definition) is 4. The van der Waals surface area contributed by atoms with Crippen LogP contribution in [-0.2, 0) is 9.47 Å². The summed E-state index contributed by atoms with van der Waals surface area (Å²) >= 11 is 11.6. The van der Waals surface area contributed by atoms with E-state index in [1.165, 1.54) is 12.1 Å². The maximum atomic E-state index is 11.6. The Morgan fingerprint density at radius 1 is 1.38 bits per heavy atom. The van der Waals surface area contributed by atoms with Gasteiger partial charge in [-0.25, -0.2) is 4.79 Å². The summed E-state index contributed by atoms with van der Waals surface area (Å²) in [5.41, 5.74) is 6.10. The molecule has 0 atom stereocenters. The van der Waals surface area contributed by atoms with Crippen LogP contribution in [0, 0.1) is 0 Å². The van der Waals surface area contributed by atoms with Crippen molar-refractivity contribution in [1.29, 1.82) is 0 Å². The van der Waals surface area contributed by atoms with Crippen molar-refractivity contribution in [2.75, 3.05) is 18.9 Å². The second-order valence-electron chi connectivity index (χ2n) is 3.42. The Labute approximate surface area is 102 Å². The molecule has 1 saturated heterocycles. The zero-order valence-electron chi connectivity index (χ0n) is 8.20. The van der Waals surface area contributed by atoms with Crippen molar-refractivity contribution >= 4 is 34.9 Å². The van der Waals surface area contributed by atoms with E-state index in [0.717, 1.165) is 0 Å². The second-order valence-corrected chi connectivity index (χ2v) is 4.23. The lowest BCUT2D eigenvalue weighted by Crippen LogP contribution is -2.37. The fourth-order valence-electron chi connectivity index (χ4n) is 1.20. The van der Waals surface area contributed by atoms with Gasteiger partial charge in [-0.15, -0.1) is 0 Å². The number of halogens is 2. The van der Waals surface area contributed by atoms with E-state index in [1.807, 2.05) is 0 Å². The number of hydrogen-bond donors (Lipinski definition) is 1. The highest BCUT2D eigenvalue weighted by molar-refractivity contribution is 6.39. The molecule has 16 heavy (non-hydrogen) atoms. The zero-order valence-corrected chi connectivity index (χ0v) is 9.72. The van der Waals surface area contributed by atoms with Crippen LogP contribution in [0.3, 0.4) is 0 Å². The van der Waals surface area contributed by atoms with Gasteiger partial charge >= 0.3 is 5.97 Å². The number of benzene rings is 1. The summed E-state index contributed by atoms with van der Waals surface area (Å²) < 4.78 is 9.99. The van der Waals surface area contributed by atoms with Gasteiger partial charge in [0.2, 0.25) is 0 Å². The Balaban J connectivity index is 2.16. The summed E-state index contributed by atoms with van der Waals surface area (Å²) in [6.07, 6.45) is -0.178. The lowest BCUT2D eigenvalue weighted by atomic mass is 10.2. The minimum absolute atomic E-state index is 0.178. The van der Waals surface area contributed by atoms with Gasteiger partial charge < -0.3 is 15.2 Å². The van der Waals surface area contributed by atoms with Gasteiger partial charge in [-0.2, -0.15) is 0 Å². The molecule has 0 spiro atoms. The molecule has 1 aromatic rings. The molecule has 0 radical (unpaired) electrons. The average Bonchev–Trinajstić information content (AvgIpc) is 2.19. The Bertz CT molecular complexity index is 409. The molecule has 1 heterocycles. The highest BCUT2D eigenvalue weighted by Gasteiger charge is 2.24. The van der Waals surface area contributed by atoms with Crippen LogP contribution in [0.2, 0.25) is 10.0 Å². The average molecular weight is 262 g/mol. The molecule has 1 aliphatic rings. The highest BCUT2D eigenvalue weighted by atomic mass is 35.5. The maximum Gasteiger partial charge on any atom is 0.338 e. The summed E-state index contributed by atoms with van der Waals surface area (Å²) in [5, 5.41) is 0.480. The maximum absolute atomic E-state index is 11.6. The predicted octanol–water partition coefficient (Wildman–Crippen LogP) is 2.13. The molecule has 1 aliphatic heterocycles. The fourth-order valence-corrected chi connectivity index (χ4v) is 1.69. The number of rotatable bonds is 2. The number of nitrogens with two attached hydrogens (primary N) is 1. The quantitative estimate of drug-likeness (QED) is 0.655. The van der Waals surface area contributed by atoms with Gasteiger partial charge in [0, 0.05) is 0 Å². The third-order valence-electron chi connectivity index (χ3n) is 2.20. The van der Waals surface area contributed by atoms with Crippen LogP contribution in [0.25, 0.3) is 0 Å². The van der Waals surface area contributed by atoms with Crippen LogP contribution in [0.15, 0.2) is 12.1 Å². The van der Waals surface area contributed by atoms with Gasteiger partial charge in [0.1, 0.15) is 6.10 Å². The largest absolute Gasteiger partial charge is 0.454 e. The third kappa shape index (κ3) is 2.24. The van der Waals surface area contributed by atoms with E-state index in [4.69, 9.17) is 38.4 Å². The van der Waals surface area contributed by atoms with Crippen molar-refractivity contribution in [2.24, 2.45) is 0 Å².